The largest absolute Gasteiger partial charge is 0.465 e. The zero-order valence-electron chi connectivity index (χ0n) is 23.3. The molecule has 1 aromatic carbocycles. The summed E-state index contributed by atoms with van der Waals surface area (Å²) in [6.07, 6.45) is 6.32. The maximum Gasteiger partial charge on any atom is 0.405 e. The fourth-order valence-corrected chi connectivity index (χ4v) is 5.09. The monoisotopic (exact) mass is 565 g/mol. The summed E-state index contributed by atoms with van der Waals surface area (Å²) in [6.45, 7) is 5.72. The first-order valence-corrected chi connectivity index (χ1v) is 13.9. The van der Waals surface area contributed by atoms with E-state index in [-0.39, 0.29) is 36.8 Å². The number of benzene rings is 1. The molecule has 1 atom stereocenters. The number of rotatable bonds is 11. The van der Waals surface area contributed by atoms with Gasteiger partial charge in [0.25, 0.3) is 5.56 Å². The molecule has 3 amide bonds. The Kier molecular flexibility index (Phi) is 9.59. The van der Waals surface area contributed by atoms with Crippen LogP contribution < -0.4 is 16.2 Å². The third-order valence-electron chi connectivity index (χ3n) is 6.99. The van der Waals surface area contributed by atoms with Gasteiger partial charge in [-0.15, -0.1) is 0 Å². The topological polar surface area (TPSA) is 137 Å². The van der Waals surface area contributed by atoms with E-state index < -0.39 is 23.6 Å². The van der Waals surface area contributed by atoms with Crippen LogP contribution in [-0.4, -0.2) is 56.6 Å². The molecule has 1 aliphatic rings. The quantitative estimate of drug-likeness (QED) is 0.258. The SMILES string of the molecule is CC(C)Cc1cc(F)cc2cc(Cn3cccc(NC(=O)C(CCC=CC(=O)N4CCCC4)NC(=O)O)c3=O)[nH]c12. The van der Waals surface area contributed by atoms with Gasteiger partial charge in [-0.1, -0.05) is 19.9 Å². The van der Waals surface area contributed by atoms with E-state index in [1.807, 2.05) is 0 Å². The van der Waals surface area contributed by atoms with Crippen molar-refractivity contribution in [1.82, 2.24) is 19.8 Å². The van der Waals surface area contributed by atoms with Crippen molar-refractivity contribution in [3.63, 3.8) is 0 Å². The van der Waals surface area contributed by atoms with Crippen LogP contribution in [0.4, 0.5) is 14.9 Å². The lowest BCUT2D eigenvalue weighted by Crippen LogP contribution is -2.44. The van der Waals surface area contributed by atoms with Crippen LogP contribution in [0.3, 0.4) is 0 Å². The smallest absolute Gasteiger partial charge is 0.405 e. The maximum absolute atomic E-state index is 14.2. The van der Waals surface area contributed by atoms with Gasteiger partial charge in [-0.25, -0.2) is 9.18 Å². The summed E-state index contributed by atoms with van der Waals surface area (Å²) in [4.78, 5) is 54.7. The number of anilines is 1. The molecular weight excluding hydrogens is 529 g/mol. The third kappa shape index (κ3) is 7.84. The minimum atomic E-state index is -1.38. The number of likely N-dealkylation sites (tertiary alicyclic amines) is 1. The van der Waals surface area contributed by atoms with E-state index in [1.165, 1.54) is 28.8 Å². The van der Waals surface area contributed by atoms with Gasteiger partial charge in [0.1, 0.15) is 17.5 Å². The van der Waals surface area contributed by atoms with E-state index >= 15 is 0 Å². The summed E-state index contributed by atoms with van der Waals surface area (Å²) in [7, 11) is 0. The normalized spacial score (nSPS) is 14.2. The minimum Gasteiger partial charge on any atom is -0.465 e. The van der Waals surface area contributed by atoms with Crippen LogP contribution in [0.1, 0.15) is 50.8 Å². The van der Waals surface area contributed by atoms with Crippen LogP contribution in [0.5, 0.6) is 0 Å². The van der Waals surface area contributed by atoms with E-state index in [0.717, 1.165) is 37.0 Å². The zero-order chi connectivity index (χ0) is 29.5. The van der Waals surface area contributed by atoms with Gasteiger partial charge in [-0.2, -0.15) is 0 Å². The van der Waals surface area contributed by atoms with Crippen molar-refractivity contribution in [2.45, 2.75) is 58.5 Å². The number of carboxylic acid groups (broad SMARTS) is 1. The van der Waals surface area contributed by atoms with Crippen molar-refractivity contribution in [2.24, 2.45) is 5.92 Å². The fraction of sp³-hybridized carbons (Fsp3) is 0.400. The summed E-state index contributed by atoms with van der Waals surface area (Å²) in [5.41, 5.74) is 1.91. The van der Waals surface area contributed by atoms with Gasteiger partial charge < -0.3 is 30.2 Å². The molecular formula is C30H36FN5O5. The first-order valence-electron chi connectivity index (χ1n) is 13.9. The molecule has 0 spiro atoms. The molecule has 0 aliphatic carbocycles. The van der Waals surface area contributed by atoms with Crippen LogP contribution in [0.15, 0.2) is 53.5 Å². The third-order valence-corrected chi connectivity index (χ3v) is 6.99. The first kappa shape index (κ1) is 29.6. The molecule has 11 heteroatoms. The lowest BCUT2D eigenvalue weighted by molar-refractivity contribution is -0.125. The number of aromatic nitrogens is 2. The second-order valence-corrected chi connectivity index (χ2v) is 10.8. The highest BCUT2D eigenvalue weighted by atomic mass is 19.1. The second kappa shape index (κ2) is 13.3. The average Bonchev–Trinajstić information content (AvgIpc) is 3.58. The highest BCUT2D eigenvalue weighted by Gasteiger charge is 2.22. The molecule has 1 fully saturated rings. The number of halogens is 1. The Bertz CT molecular complexity index is 1500. The van der Waals surface area contributed by atoms with Gasteiger partial charge in [0.15, 0.2) is 0 Å². The Labute approximate surface area is 237 Å². The molecule has 3 aromatic rings. The summed E-state index contributed by atoms with van der Waals surface area (Å²) in [5, 5.41) is 14.7. The Balaban J connectivity index is 1.44. The molecule has 0 radical (unpaired) electrons. The van der Waals surface area contributed by atoms with Crippen LogP contribution in [-0.2, 0) is 22.6 Å². The van der Waals surface area contributed by atoms with Crippen molar-refractivity contribution in [3.8, 4) is 0 Å². The van der Waals surface area contributed by atoms with Crippen molar-refractivity contribution < 1.29 is 23.9 Å². The summed E-state index contributed by atoms with van der Waals surface area (Å²) >= 11 is 0. The number of amides is 3. The van der Waals surface area contributed by atoms with Gasteiger partial charge in [0, 0.05) is 35.9 Å². The number of nitrogens with zero attached hydrogens (tertiary/aromatic N) is 2. The summed E-state index contributed by atoms with van der Waals surface area (Å²) in [5.74, 6) is -0.766. The number of carbonyl (C=O) groups is 3. The Morgan fingerprint density at radius 2 is 1.93 bits per heavy atom. The van der Waals surface area contributed by atoms with Crippen molar-refractivity contribution in [3.05, 3.63) is 76.1 Å². The number of H-pyrrole nitrogens is 1. The van der Waals surface area contributed by atoms with Crippen molar-refractivity contribution >= 4 is 34.5 Å². The molecule has 3 heterocycles. The lowest BCUT2D eigenvalue weighted by atomic mass is 10.0. The minimum absolute atomic E-state index is 0.00269. The second-order valence-electron chi connectivity index (χ2n) is 10.8. The fourth-order valence-electron chi connectivity index (χ4n) is 5.09. The molecule has 4 N–H and O–H groups in total. The van der Waals surface area contributed by atoms with E-state index in [2.05, 4.69) is 29.5 Å². The lowest BCUT2D eigenvalue weighted by Gasteiger charge is -2.16. The molecule has 10 nitrogen and oxygen atoms in total. The number of pyridine rings is 1. The van der Waals surface area contributed by atoms with E-state index in [9.17, 15) is 28.7 Å². The van der Waals surface area contributed by atoms with Crippen LogP contribution in [0, 0.1) is 11.7 Å². The Morgan fingerprint density at radius 1 is 1.17 bits per heavy atom. The molecule has 218 valence electrons. The number of fused-ring (bicyclic) bond motifs is 1. The number of hydrogen-bond donors (Lipinski definition) is 4. The number of allylic oxidation sites excluding steroid dienone is 1. The van der Waals surface area contributed by atoms with Crippen LogP contribution in [0.25, 0.3) is 10.9 Å². The molecule has 1 aliphatic heterocycles. The predicted molar refractivity (Wildman–Crippen MR) is 154 cm³/mol. The Morgan fingerprint density at radius 3 is 2.63 bits per heavy atom. The first-order chi connectivity index (χ1) is 19.6. The molecule has 0 saturated carbocycles. The standard InChI is InChI=1S/C30H36FN5O5/c1-19(2)14-20-15-22(31)16-21-17-23(32-27(20)21)18-36-13-7-9-25(29(36)39)33-28(38)24(34-30(40)41)8-3-4-10-26(37)35-11-5-6-12-35/h4,7,9-10,13,15-17,19,24,32,34H,3,5-6,8,11-12,14,18H2,1-2H3,(H,33,38)(H,40,41). The van der Waals surface area contributed by atoms with Gasteiger partial charge in [-0.3, -0.25) is 14.4 Å². The highest BCUT2D eigenvalue weighted by molar-refractivity contribution is 5.96. The number of aromatic amines is 1. The summed E-state index contributed by atoms with van der Waals surface area (Å²) < 4.78 is 15.6. The average molecular weight is 566 g/mol. The predicted octanol–water partition coefficient (Wildman–Crippen LogP) is 4.25. The molecule has 1 saturated heterocycles. The van der Waals surface area contributed by atoms with Crippen molar-refractivity contribution in [1.29, 1.82) is 0 Å². The highest BCUT2D eigenvalue weighted by Crippen LogP contribution is 2.24. The maximum atomic E-state index is 14.2. The van der Waals surface area contributed by atoms with Gasteiger partial charge in [0.05, 0.1) is 6.54 Å². The number of hydrogen-bond acceptors (Lipinski definition) is 4. The van der Waals surface area contributed by atoms with Gasteiger partial charge in [0.2, 0.25) is 11.8 Å². The van der Waals surface area contributed by atoms with E-state index in [4.69, 9.17) is 0 Å². The molecule has 4 rings (SSSR count). The molecule has 0 bridgehead atoms. The van der Waals surface area contributed by atoms with E-state index in [1.54, 1.807) is 29.3 Å². The van der Waals surface area contributed by atoms with E-state index in [0.29, 0.717) is 23.4 Å². The Hall–Kier alpha value is -4.41. The van der Waals surface area contributed by atoms with Crippen LogP contribution in [0.2, 0.25) is 0 Å². The van der Waals surface area contributed by atoms with Crippen molar-refractivity contribution in [2.75, 3.05) is 18.4 Å². The molecule has 2 aromatic heterocycles. The zero-order valence-corrected chi connectivity index (χ0v) is 23.3. The molecule has 1 unspecified atom stereocenters. The number of nitrogens with one attached hydrogen (secondary N) is 3. The molecule has 41 heavy (non-hydrogen) atoms. The van der Waals surface area contributed by atoms with Gasteiger partial charge >= 0.3 is 6.09 Å². The summed E-state index contributed by atoms with van der Waals surface area (Å²) in [6, 6.07) is 6.70. The van der Waals surface area contributed by atoms with Crippen LogP contribution >= 0.6 is 0 Å². The van der Waals surface area contributed by atoms with Gasteiger partial charge in [-0.05, 0) is 80.0 Å². The number of carbonyl (C=O) groups excluding carboxylic acids is 2.